The van der Waals surface area contributed by atoms with Crippen molar-refractivity contribution in [3.63, 3.8) is 0 Å². The number of aromatic nitrogens is 2. The van der Waals surface area contributed by atoms with Gasteiger partial charge in [-0.05, 0) is 36.6 Å². The number of benzene rings is 1. The molecule has 0 saturated carbocycles. The van der Waals surface area contributed by atoms with Crippen LogP contribution in [-0.2, 0) is 6.42 Å². The molecule has 0 aliphatic carbocycles. The van der Waals surface area contributed by atoms with Crippen LogP contribution in [0.15, 0.2) is 24.4 Å². The second-order valence-electron chi connectivity index (χ2n) is 4.10. The molecule has 2 aromatic rings. The van der Waals surface area contributed by atoms with E-state index in [1.807, 2.05) is 19.1 Å². The number of rotatable bonds is 3. The van der Waals surface area contributed by atoms with Crippen LogP contribution in [0.4, 0.5) is 5.82 Å². The van der Waals surface area contributed by atoms with Crippen LogP contribution >= 0.6 is 0 Å². The number of hydrogen-bond donors (Lipinski definition) is 1. The number of ether oxygens (including phenoxy) is 1. The lowest BCUT2D eigenvalue weighted by Crippen LogP contribution is -1.99. The quantitative estimate of drug-likeness (QED) is 0.900. The Morgan fingerprint density at radius 3 is 2.72 bits per heavy atom. The van der Waals surface area contributed by atoms with Crippen LogP contribution in [0, 0.1) is 6.92 Å². The highest BCUT2D eigenvalue weighted by Gasteiger charge is 2.08. The molecule has 1 heterocycles. The predicted octanol–water partition coefficient (Wildman–Crippen LogP) is 2.61. The molecule has 94 valence electrons. The van der Waals surface area contributed by atoms with Crippen LogP contribution in [0.25, 0.3) is 11.1 Å². The average molecular weight is 243 g/mol. The first-order valence-electron chi connectivity index (χ1n) is 5.92. The molecule has 0 atom stereocenters. The van der Waals surface area contributed by atoms with Crippen molar-refractivity contribution in [3.05, 3.63) is 35.8 Å². The first kappa shape index (κ1) is 12.4. The normalized spacial score (nSPS) is 10.4. The first-order valence-corrected chi connectivity index (χ1v) is 5.92. The summed E-state index contributed by atoms with van der Waals surface area (Å²) >= 11 is 0. The maximum absolute atomic E-state index is 5.93. The van der Waals surface area contributed by atoms with E-state index in [1.165, 1.54) is 0 Å². The molecule has 2 N–H and O–H groups in total. The van der Waals surface area contributed by atoms with Gasteiger partial charge in [-0.3, -0.25) is 0 Å². The van der Waals surface area contributed by atoms with Gasteiger partial charge in [-0.2, -0.15) is 0 Å². The molecule has 0 bridgehead atoms. The third-order valence-corrected chi connectivity index (χ3v) is 2.91. The summed E-state index contributed by atoms with van der Waals surface area (Å²) in [7, 11) is 1.68. The van der Waals surface area contributed by atoms with E-state index in [2.05, 4.69) is 23.0 Å². The summed E-state index contributed by atoms with van der Waals surface area (Å²) in [4.78, 5) is 8.38. The summed E-state index contributed by atoms with van der Waals surface area (Å²) < 4.78 is 5.31. The summed E-state index contributed by atoms with van der Waals surface area (Å²) in [6, 6.07) is 6.00. The largest absolute Gasteiger partial charge is 0.496 e. The smallest absolute Gasteiger partial charge is 0.135 e. The SMILES string of the molecule is CCc1cc(-c2cnc(C)nc2N)ccc1OC. The molecule has 0 amide bonds. The van der Waals surface area contributed by atoms with E-state index in [0.29, 0.717) is 11.6 Å². The Hall–Kier alpha value is -2.10. The number of hydrogen-bond acceptors (Lipinski definition) is 4. The van der Waals surface area contributed by atoms with Crippen molar-refractivity contribution in [3.8, 4) is 16.9 Å². The standard InChI is InChI=1S/C14H17N3O/c1-4-10-7-11(5-6-13(10)18-3)12-8-16-9(2)17-14(12)15/h5-8H,4H2,1-3H3,(H2,15,16,17). The minimum Gasteiger partial charge on any atom is -0.496 e. The van der Waals surface area contributed by atoms with Crippen LogP contribution in [0.3, 0.4) is 0 Å². The van der Waals surface area contributed by atoms with Gasteiger partial charge >= 0.3 is 0 Å². The average Bonchev–Trinajstić information content (AvgIpc) is 2.38. The summed E-state index contributed by atoms with van der Waals surface area (Å²) in [6.45, 7) is 3.92. The highest BCUT2D eigenvalue weighted by molar-refractivity contribution is 5.74. The van der Waals surface area contributed by atoms with Crippen LogP contribution in [0.2, 0.25) is 0 Å². The van der Waals surface area contributed by atoms with Gasteiger partial charge in [0.15, 0.2) is 0 Å². The highest BCUT2D eigenvalue weighted by atomic mass is 16.5. The molecule has 0 radical (unpaired) electrons. The van der Waals surface area contributed by atoms with E-state index in [9.17, 15) is 0 Å². The summed E-state index contributed by atoms with van der Waals surface area (Å²) in [6.07, 6.45) is 2.67. The Labute approximate surface area is 107 Å². The van der Waals surface area contributed by atoms with Gasteiger partial charge in [0.05, 0.1) is 7.11 Å². The van der Waals surface area contributed by atoms with Gasteiger partial charge < -0.3 is 10.5 Å². The van der Waals surface area contributed by atoms with Crippen molar-refractivity contribution in [2.24, 2.45) is 0 Å². The van der Waals surface area contributed by atoms with Crippen molar-refractivity contribution < 1.29 is 4.74 Å². The highest BCUT2D eigenvalue weighted by Crippen LogP contribution is 2.29. The van der Waals surface area contributed by atoms with E-state index >= 15 is 0 Å². The molecule has 0 aliphatic heterocycles. The van der Waals surface area contributed by atoms with Crippen molar-refractivity contribution >= 4 is 5.82 Å². The molecule has 1 aromatic carbocycles. The minimum atomic E-state index is 0.509. The van der Waals surface area contributed by atoms with E-state index in [1.54, 1.807) is 13.3 Å². The molecule has 0 unspecified atom stereocenters. The second kappa shape index (κ2) is 5.04. The number of aryl methyl sites for hydroxylation is 2. The van der Waals surface area contributed by atoms with Crippen LogP contribution in [-0.4, -0.2) is 17.1 Å². The fourth-order valence-electron chi connectivity index (χ4n) is 1.93. The van der Waals surface area contributed by atoms with Gasteiger partial charge in [0.2, 0.25) is 0 Å². The molecule has 1 aromatic heterocycles. The summed E-state index contributed by atoms with van der Waals surface area (Å²) in [5, 5.41) is 0. The Morgan fingerprint density at radius 2 is 2.11 bits per heavy atom. The number of nitrogens with zero attached hydrogens (tertiary/aromatic N) is 2. The molecule has 4 nitrogen and oxygen atoms in total. The third kappa shape index (κ3) is 2.27. The minimum absolute atomic E-state index is 0.509. The maximum atomic E-state index is 5.93. The van der Waals surface area contributed by atoms with E-state index in [-0.39, 0.29) is 0 Å². The second-order valence-corrected chi connectivity index (χ2v) is 4.10. The van der Waals surface area contributed by atoms with E-state index in [4.69, 9.17) is 10.5 Å². The fraction of sp³-hybridized carbons (Fsp3) is 0.286. The first-order chi connectivity index (χ1) is 8.65. The van der Waals surface area contributed by atoms with Crippen molar-refractivity contribution in [1.82, 2.24) is 9.97 Å². The summed E-state index contributed by atoms with van der Waals surface area (Å²) in [5.41, 5.74) is 8.96. The zero-order chi connectivity index (χ0) is 13.1. The van der Waals surface area contributed by atoms with Gasteiger partial charge in [0.25, 0.3) is 0 Å². The number of anilines is 1. The molecule has 18 heavy (non-hydrogen) atoms. The van der Waals surface area contributed by atoms with E-state index < -0.39 is 0 Å². The Bertz CT molecular complexity index is 567. The zero-order valence-corrected chi connectivity index (χ0v) is 10.9. The molecule has 0 spiro atoms. The Kier molecular flexibility index (Phi) is 3.46. The molecule has 0 fully saturated rings. The monoisotopic (exact) mass is 243 g/mol. The summed E-state index contributed by atoms with van der Waals surface area (Å²) in [5.74, 6) is 2.09. The van der Waals surface area contributed by atoms with Crippen LogP contribution in [0.5, 0.6) is 5.75 Å². The van der Waals surface area contributed by atoms with Gasteiger partial charge in [-0.15, -0.1) is 0 Å². The maximum Gasteiger partial charge on any atom is 0.135 e. The third-order valence-electron chi connectivity index (χ3n) is 2.91. The molecule has 0 saturated heterocycles. The van der Waals surface area contributed by atoms with Crippen molar-refractivity contribution in [2.45, 2.75) is 20.3 Å². The zero-order valence-electron chi connectivity index (χ0n) is 10.9. The van der Waals surface area contributed by atoms with Crippen LogP contribution in [0.1, 0.15) is 18.3 Å². The van der Waals surface area contributed by atoms with Gasteiger partial charge in [-0.25, -0.2) is 9.97 Å². The van der Waals surface area contributed by atoms with Crippen molar-refractivity contribution in [1.29, 1.82) is 0 Å². The fourth-order valence-corrected chi connectivity index (χ4v) is 1.93. The van der Waals surface area contributed by atoms with Gasteiger partial charge in [-0.1, -0.05) is 13.0 Å². The predicted molar refractivity (Wildman–Crippen MR) is 72.5 cm³/mol. The lowest BCUT2D eigenvalue weighted by molar-refractivity contribution is 0.410. The Balaban J connectivity index is 2.51. The molecule has 4 heteroatoms. The lowest BCUT2D eigenvalue weighted by Gasteiger charge is -2.10. The topological polar surface area (TPSA) is 61.0 Å². The number of nitrogen functional groups attached to an aromatic ring is 1. The molecular weight excluding hydrogens is 226 g/mol. The number of methoxy groups -OCH3 is 1. The molecular formula is C14H17N3O. The number of nitrogens with two attached hydrogens (primary N) is 1. The van der Waals surface area contributed by atoms with Crippen LogP contribution < -0.4 is 10.5 Å². The molecule has 2 rings (SSSR count). The van der Waals surface area contributed by atoms with Gasteiger partial charge in [0, 0.05) is 11.8 Å². The molecule has 0 aliphatic rings. The van der Waals surface area contributed by atoms with Gasteiger partial charge in [0.1, 0.15) is 17.4 Å². The lowest BCUT2D eigenvalue weighted by atomic mass is 10.0. The van der Waals surface area contributed by atoms with Crippen molar-refractivity contribution in [2.75, 3.05) is 12.8 Å². The van der Waals surface area contributed by atoms with E-state index in [0.717, 1.165) is 28.9 Å². The Morgan fingerprint density at radius 1 is 1.33 bits per heavy atom.